The highest BCUT2D eigenvalue weighted by Crippen LogP contribution is 2.21. The zero-order chi connectivity index (χ0) is 17.5. The molecule has 2 amide bonds. The number of amides is 2. The molecule has 0 atom stereocenters. The minimum atomic E-state index is -0.298. The molecule has 0 aliphatic rings. The first kappa shape index (κ1) is 16.9. The molecular formula is C19H16N2O3S. The first-order chi connectivity index (χ1) is 12.2. The highest BCUT2D eigenvalue weighted by atomic mass is 32.2. The van der Waals surface area contributed by atoms with E-state index in [0.717, 1.165) is 10.6 Å². The number of nitrogens with one attached hydrogen (secondary N) is 2. The van der Waals surface area contributed by atoms with Crippen molar-refractivity contribution in [2.45, 2.75) is 4.90 Å². The normalized spacial score (nSPS) is 10.2. The van der Waals surface area contributed by atoms with E-state index in [9.17, 15) is 9.59 Å². The minimum Gasteiger partial charge on any atom is -0.459 e. The summed E-state index contributed by atoms with van der Waals surface area (Å²) in [5.74, 6) is 0.211. The highest BCUT2D eigenvalue weighted by Gasteiger charge is 2.09. The van der Waals surface area contributed by atoms with Crippen molar-refractivity contribution in [1.82, 2.24) is 0 Å². The third-order valence-corrected chi connectivity index (χ3v) is 4.30. The number of hydrogen-bond acceptors (Lipinski definition) is 4. The Morgan fingerprint density at radius 3 is 2.24 bits per heavy atom. The number of anilines is 2. The standard InChI is InChI=1S/C19H16N2O3S/c22-18(20-14-5-2-1-3-6-14)13-25-16-10-8-15(9-11-16)21-19(23)17-7-4-12-24-17/h1-12H,13H2,(H,20,22)(H,21,23). The second-order valence-electron chi connectivity index (χ2n) is 5.16. The molecule has 0 fully saturated rings. The fourth-order valence-electron chi connectivity index (χ4n) is 2.10. The van der Waals surface area contributed by atoms with E-state index >= 15 is 0 Å². The van der Waals surface area contributed by atoms with Crippen molar-refractivity contribution in [2.24, 2.45) is 0 Å². The Kier molecular flexibility index (Phi) is 5.53. The van der Waals surface area contributed by atoms with Gasteiger partial charge in [0, 0.05) is 16.3 Å². The molecule has 3 rings (SSSR count). The summed E-state index contributed by atoms with van der Waals surface area (Å²) in [6, 6.07) is 19.9. The molecule has 1 heterocycles. The molecule has 0 unspecified atom stereocenters. The van der Waals surface area contributed by atoms with Crippen LogP contribution in [-0.2, 0) is 4.79 Å². The zero-order valence-corrected chi connectivity index (χ0v) is 14.1. The van der Waals surface area contributed by atoms with Crippen molar-refractivity contribution < 1.29 is 14.0 Å². The third-order valence-electron chi connectivity index (χ3n) is 3.28. The maximum atomic E-state index is 11.9. The maximum Gasteiger partial charge on any atom is 0.291 e. The van der Waals surface area contributed by atoms with E-state index in [1.807, 2.05) is 42.5 Å². The highest BCUT2D eigenvalue weighted by molar-refractivity contribution is 8.00. The van der Waals surface area contributed by atoms with Gasteiger partial charge in [0.2, 0.25) is 5.91 Å². The summed E-state index contributed by atoms with van der Waals surface area (Å²) in [6.45, 7) is 0. The van der Waals surface area contributed by atoms with Gasteiger partial charge in [0.25, 0.3) is 5.91 Å². The Labute approximate surface area is 149 Å². The van der Waals surface area contributed by atoms with Gasteiger partial charge in [-0.3, -0.25) is 9.59 Å². The van der Waals surface area contributed by atoms with E-state index in [1.54, 1.807) is 24.3 Å². The van der Waals surface area contributed by atoms with Gasteiger partial charge in [-0.2, -0.15) is 0 Å². The van der Waals surface area contributed by atoms with Gasteiger partial charge in [0.1, 0.15) is 0 Å². The smallest absolute Gasteiger partial charge is 0.291 e. The number of furan rings is 1. The molecule has 6 heteroatoms. The maximum absolute atomic E-state index is 11.9. The lowest BCUT2D eigenvalue weighted by atomic mass is 10.3. The van der Waals surface area contributed by atoms with Crippen LogP contribution in [0.2, 0.25) is 0 Å². The first-order valence-electron chi connectivity index (χ1n) is 7.63. The van der Waals surface area contributed by atoms with E-state index in [0.29, 0.717) is 11.4 Å². The first-order valence-corrected chi connectivity index (χ1v) is 8.62. The number of para-hydroxylation sites is 1. The minimum absolute atomic E-state index is 0.0635. The largest absolute Gasteiger partial charge is 0.459 e. The van der Waals surface area contributed by atoms with E-state index in [-0.39, 0.29) is 17.6 Å². The Morgan fingerprint density at radius 1 is 0.840 bits per heavy atom. The van der Waals surface area contributed by atoms with Crippen molar-refractivity contribution in [3.63, 3.8) is 0 Å². The van der Waals surface area contributed by atoms with Gasteiger partial charge in [0.05, 0.1) is 12.0 Å². The van der Waals surface area contributed by atoms with Crippen LogP contribution in [-0.4, -0.2) is 17.6 Å². The van der Waals surface area contributed by atoms with Crippen molar-refractivity contribution in [3.05, 3.63) is 78.8 Å². The Balaban J connectivity index is 1.49. The fourth-order valence-corrected chi connectivity index (χ4v) is 2.80. The molecule has 126 valence electrons. The van der Waals surface area contributed by atoms with Crippen molar-refractivity contribution in [3.8, 4) is 0 Å². The topological polar surface area (TPSA) is 71.3 Å². The summed E-state index contributed by atoms with van der Waals surface area (Å²) in [4.78, 5) is 24.8. The molecule has 1 aromatic heterocycles. The Hall–Kier alpha value is -2.99. The molecule has 5 nitrogen and oxygen atoms in total. The second-order valence-corrected chi connectivity index (χ2v) is 6.21. The zero-order valence-electron chi connectivity index (χ0n) is 13.3. The van der Waals surface area contributed by atoms with E-state index < -0.39 is 0 Å². The van der Waals surface area contributed by atoms with E-state index in [4.69, 9.17) is 4.42 Å². The average Bonchev–Trinajstić information content (AvgIpc) is 3.17. The molecule has 0 saturated carbocycles. The van der Waals surface area contributed by atoms with E-state index in [2.05, 4.69) is 10.6 Å². The van der Waals surface area contributed by atoms with Crippen LogP contribution in [0, 0.1) is 0 Å². The summed E-state index contributed by atoms with van der Waals surface area (Å²) in [7, 11) is 0. The fraction of sp³-hybridized carbons (Fsp3) is 0.0526. The quantitative estimate of drug-likeness (QED) is 0.650. The summed E-state index contributed by atoms with van der Waals surface area (Å²) < 4.78 is 5.04. The SMILES string of the molecule is O=C(CSc1ccc(NC(=O)c2ccco2)cc1)Nc1ccccc1. The van der Waals surface area contributed by atoms with Crippen LogP contribution in [0.25, 0.3) is 0 Å². The molecule has 0 bridgehead atoms. The third kappa shape index (κ3) is 4.99. The van der Waals surface area contributed by atoms with E-state index in [1.165, 1.54) is 18.0 Å². The lowest BCUT2D eigenvalue weighted by molar-refractivity contribution is -0.113. The predicted molar refractivity (Wildman–Crippen MR) is 98.9 cm³/mol. The molecule has 2 aromatic carbocycles. The van der Waals surface area contributed by atoms with Crippen molar-refractivity contribution in [1.29, 1.82) is 0 Å². The molecule has 3 aromatic rings. The molecule has 0 radical (unpaired) electrons. The summed E-state index contributed by atoms with van der Waals surface area (Å²) in [5.41, 5.74) is 1.45. The van der Waals surface area contributed by atoms with Gasteiger partial charge in [0.15, 0.2) is 5.76 Å². The Morgan fingerprint density at radius 2 is 1.56 bits per heavy atom. The molecule has 0 aliphatic heterocycles. The molecule has 0 spiro atoms. The van der Waals surface area contributed by atoms with Crippen LogP contribution in [0.1, 0.15) is 10.6 Å². The number of thioether (sulfide) groups is 1. The molecule has 25 heavy (non-hydrogen) atoms. The van der Waals surface area contributed by atoms with Crippen LogP contribution in [0.5, 0.6) is 0 Å². The van der Waals surface area contributed by atoms with Crippen LogP contribution in [0.4, 0.5) is 11.4 Å². The monoisotopic (exact) mass is 352 g/mol. The number of carbonyl (C=O) groups excluding carboxylic acids is 2. The predicted octanol–water partition coefficient (Wildman–Crippen LogP) is 4.26. The van der Waals surface area contributed by atoms with Gasteiger partial charge < -0.3 is 15.1 Å². The van der Waals surface area contributed by atoms with Gasteiger partial charge in [-0.05, 0) is 48.5 Å². The van der Waals surface area contributed by atoms with Gasteiger partial charge in [-0.1, -0.05) is 18.2 Å². The van der Waals surface area contributed by atoms with Crippen LogP contribution >= 0.6 is 11.8 Å². The van der Waals surface area contributed by atoms with Crippen LogP contribution in [0.3, 0.4) is 0 Å². The van der Waals surface area contributed by atoms with Gasteiger partial charge in [-0.25, -0.2) is 0 Å². The summed E-state index contributed by atoms with van der Waals surface area (Å²) in [5, 5.41) is 5.59. The second kappa shape index (κ2) is 8.21. The van der Waals surface area contributed by atoms with Crippen LogP contribution < -0.4 is 10.6 Å². The summed E-state index contributed by atoms with van der Waals surface area (Å²) >= 11 is 1.43. The van der Waals surface area contributed by atoms with Gasteiger partial charge >= 0.3 is 0 Å². The van der Waals surface area contributed by atoms with Crippen molar-refractivity contribution >= 4 is 35.0 Å². The average molecular weight is 352 g/mol. The summed E-state index contributed by atoms with van der Waals surface area (Å²) in [6.07, 6.45) is 1.45. The number of hydrogen-bond donors (Lipinski definition) is 2. The molecule has 2 N–H and O–H groups in total. The molecule has 0 saturated heterocycles. The number of rotatable bonds is 6. The van der Waals surface area contributed by atoms with Crippen LogP contribution in [0.15, 0.2) is 82.3 Å². The number of benzene rings is 2. The van der Waals surface area contributed by atoms with Crippen molar-refractivity contribution in [2.75, 3.05) is 16.4 Å². The lowest BCUT2D eigenvalue weighted by Crippen LogP contribution is -2.13. The number of carbonyl (C=O) groups is 2. The van der Waals surface area contributed by atoms with Gasteiger partial charge in [-0.15, -0.1) is 11.8 Å². The molecular weight excluding hydrogens is 336 g/mol. The lowest BCUT2D eigenvalue weighted by Gasteiger charge is -2.06. The molecule has 0 aliphatic carbocycles. The Bertz CT molecular complexity index is 831.